The van der Waals surface area contributed by atoms with E-state index in [2.05, 4.69) is 36.3 Å². The second-order valence-electron chi connectivity index (χ2n) is 6.88. The summed E-state index contributed by atoms with van der Waals surface area (Å²) in [7, 11) is 0. The van der Waals surface area contributed by atoms with E-state index in [1.165, 1.54) is 16.9 Å². The number of thiazole rings is 1. The third kappa shape index (κ3) is 4.86. The van der Waals surface area contributed by atoms with Crippen LogP contribution in [0.5, 0.6) is 0 Å². The van der Waals surface area contributed by atoms with E-state index in [0.717, 1.165) is 16.1 Å². The van der Waals surface area contributed by atoms with Gasteiger partial charge in [0.25, 0.3) is 0 Å². The van der Waals surface area contributed by atoms with E-state index < -0.39 is 0 Å². The summed E-state index contributed by atoms with van der Waals surface area (Å²) in [5.74, 6) is 0.393. The predicted molar refractivity (Wildman–Crippen MR) is 106 cm³/mol. The van der Waals surface area contributed by atoms with Crippen molar-refractivity contribution in [3.63, 3.8) is 0 Å². The monoisotopic (exact) mass is 387 g/mol. The van der Waals surface area contributed by atoms with Gasteiger partial charge in [-0.25, -0.2) is 9.78 Å². The van der Waals surface area contributed by atoms with E-state index in [0.29, 0.717) is 43.6 Å². The number of carbonyl (C=O) groups excluding carboxylic acids is 2. The van der Waals surface area contributed by atoms with Gasteiger partial charge in [-0.05, 0) is 24.0 Å². The summed E-state index contributed by atoms with van der Waals surface area (Å²) in [6.45, 7) is 7.53. The topological polar surface area (TPSA) is 71.5 Å². The first kappa shape index (κ1) is 19.4. The van der Waals surface area contributed by atoms with Crippen LogP contribution in [0.25, 0.3) is 0 Å². The number of anilines is 1. The van der Waals surface area contributed by atoms with Crippen molar-refractivity contribution in [2.24, 2.45) is 0 Å². The molecule has 1 aromatic carbocycles. The van der Waals surface area contributed by atoms with Gasteiger partial charge >= 0.3 is 6.09 Å². The fourth-order valence-corrected chi connectivity index (χ4v) is 4.03. The van der Waals surface area contributed by atoms with Gasteiger partial charge in [0.2, 0.25) is 5.91 Å². The van der Waals surface area contributed by atoms with Crippen LogP contribution < -0.4 is 5.32 Å². The second kappa shape index (κ2) is 8.52. The minimum absolute atomic E-state index is 0.0827. The van der Waals surface area contributed by atoms with E-state index in [1.54, 1.807) is 11.8 Å². The van der Waals surface area contributed by atoms with Crippen molar-refractivity contribution in [2.45, 2.75) is 46.1 Å². The zero-order chi connectivity index (χ0) is 19.4. The molecule has 1 N–H and O–H groups in total. The molecule has 1 aromatic heterocycles. The summed E-state index contributed by atoms with van der Waals surface area (Å²) in [4.78, 5) is 31.4. The van der Waals surface area contributed by atoms with Crippen molar-refractivity contribution in [1.82, 2.24) is 9.88 Å². The highest BCUT2D eigenvalue weighted by Gasteiger charge is 2.25. The third-order valence-corrected chi connectivity index (χ3v) is 5.51. The molecule has 2 heterocycles. The summed E-state index contributed by atoms with van der Waals surface area (Å²) in [5, 5.41) is 3.48. The second-order valence-corrected chi connectivity index (χ2v) is 7.96. The molecule has 0 spiro atoms. The van der Waals surface area contributed by atoms with Crippen LogP contribution in [-0.4, -0.2) is 35.0 Å². The largest absolute Gasteiger partial charge is 0.450 e. The summed E-state index contributed by atoms with van der Waals surface area (Å²) in [6, 6.07) is 8.14. The lowest BCUT2D eigenvalue weighted by Crippen LogP contribution is -2.35. The Morgan fingerprint density at radius 1 is 1.30 bits per heavy atom. The Morgan fingerprint density at radius 3 is 2.70 bits per heavy atom. The van der Waals surface area contributed by atoms with E-state index in [-0.39, 0.29) is 12.0 Å². The molecule has 3 rings (SSSR count). The lowest BCUT2D eigenvalue weighted by molar-refractivity contribution is -0.115. The summed E-state index contributed by atoms with van der Waals surface area (Å²) in [6.07, 6.45) is 0.696. The molecule has 0 bridgehead atoms. The lowest BCUT2D eigenvalue weighted by atomic mass is 10.0. The molecule has 27 heavy (non-hydrogen) atoms. The molecule has 2 aromatic rings. The van der Waals surface area contributed by atoms with E-state index in [4.69, 9.17) is 4.74 Å². The highest BCUT2D eigenvalue weighted by atomic mass is 32.1. The maximum Gasteiger partial charge on any atom is 0.410 e. The van der Waals surface area contributed by atoms with Gasteiger partial charge in [0.1, 0.15) is 0 Å². The van der Waals surface area contributed by atoms with Crippen molar-refractivity contribution in [3.05, 3.63) is 46.0 Å². The van der Waals surface area contributed by atoms with Gasteiger partial charge in [-0.2, -0.15) is 0 Å². The quantitative estimate of drug-likeness (QED) is 0.843. The third-order valence-electron chi connectivity index (χ3n) is 4.51. The van der Waals surface area contributed by atoms with Gasteiger partial charge in [-0.15, -0.1) is 0 Å². The molecule has 144 valence electrons. The van der Waals surface area contributed by atoms with Crippen molar-refractivity contribution >= 4 is 28.5 Å². The number of carbonyl (C=O) groups is 2. The fraction of sp³-hybridized carbons (Fsp3) is 0.450. The van der Waals surface area contributed by atoms with E-state index >= 15 is 0 Å². The Labute approximate surface area is 163 Å². The molecule has 0 fully saturated rings. The van der Waals surface area contributed by atoms with Gasteiger partial charge in [0.05, 0.1) is 25.3 Å². The molecule has 7 heteroatoms. The number of rotatable bonds is 5. The molecular weight excluding hydrogens is 362 g/mol. The first-order valence-corrected chi connectivity index (χ1v) is 10.1. The molecular formula is C20H25N3O3S. The molecule has 1 aliphatic heterocycles. The summed E-state index contributed by atoms with van der Waals surface area (Å²) in [5.41, 5.74) is 3.20. The van der Waals surface area contributed by atoms with Gasteiger partial charge in [0.15, 0.2) is 5.13 Å². The summed E-state index contributed by atoms with van der Waals surface area (Å²) >= 11 is 1.43. The van der Waals surface area contributed by atoms with Crippen LogP contribution in [0, 0.1) is 0 Å². The lowest BCUT2D eigenvalue weighted by Gasteiger charge is -2.24. The maximum absolute atomic E-state index is 12.3. The number of fused-ring (bicyclic) bond motifs is 1. The Bertz CT molecular complexity index is 814. The van der Waals surface area contributed by atoms with Crippen LogP contribution in [0.3, 0.4) is 0 Å². The summed E-state index contributed by atoms with van der Waals surface area (Å²) < 4.78 is 5.06. The van der Waals surface area contributed by atoms with Crippen molar-refractivity contribution < 1.29 is 14.3 Å². The predicted octanol–water partition coefficient (Wildman–Crippen LogP) is 3.96. The van der Waals surface area contributed by atoms with Gasteiger partial charge in [-0.1, -0.05) is 49.4 Å². The Balaban J connectivity index is 1.59. The van der Waals surface area contributed by atoms with E-state index in [1.807, 2.05) is 12.1 Å². The number of nitrogens with zero attached hydrogens (tertiary/aromatic N) is 2. The first-order valence-electron chi connectivity index (χ1n) is 9.25. The first-order chi connectivity index (χ1) is 13.0. The molecule has 0 saturated carbocycles. The Morgan fingerprint density at radius 2 is 2.04 bits per heavy atom. The minimum Gasteiger partial charge on any atom is -0.450 e. The van der Waals surface area contributed by atoms with Crippen LogP contribution in [-0.2, 0) is 28.9 Å². The van der Waals surface area contributed by atoms with Gasteiger partial charge in [0, 0.05) is 17.8 Å². The van der Waals surface area contributed by atoms with Gasteiger partial charge < -0.3 is 15.0 Å². The number of hydrogen-bond donors (Lipinski definition) is 1. The van der Waals surface area contributed by atoms with Crippen LogP contribution >= 0.6 is 11.3 Å². The average molecular weight is 388 g/mol. The molecule has 0 radical (unpaired) electrons. The molecule has 2 amide bonds. The minimum atomic E-state index is -0.299. The maximum atomic E-state index is 12.3. The van der Waals surface area contributed by atoms with Crippen LogP contribution in [0.4, 0.5) is 9.93 Å². The number of ether oxygens (including phenoxy) is 1. The van der Waals surface area contributed by atoms with Crippen molar-refractivity contribution in [3.8, 4) is 0 Å². The van der Waals surface area contributed by atoms with E-state index in [9.17, 15) is 9.59 Å². The highest BCUT2D eigenvalue weighted by molar-refractivity contribution is 7.15. The zero-order valence-corrected chi connectivity index (χ0v) is 16.8. The number of hydrogen-bond acceptors (Lipinski definition) is 5. The fourth-order valence-electron chi connectivity index (χ4n) is 2.99. The Hall–Kier alpha value is -2.41. The number of aromatic nitrogens is 1. The molecule has 0 atom stereocenters. The van der Waals surface area contributed by atoms with Crippen LogP contribution in [0.2, 0.25) is 0 Å². The van der Waals surface area contributed by atoms with Crippen molar-refractivity contribution in [2.75, 3.05) is 18.5 Å². The smallest absolute Gasteiger partial charge is 0.410 e. The Kier molecular flexibility index (Phi) is 6.11. The zero-order valence-electron chi connectivity index (χ0n) is 15.9. The molecule has 0 saturated heterocycles. The molecule has 6 nitrogen and oxygen atoms in total. The standard InChI is InChI=1S/C20H25N3O3S/c1-4-26-20(25)23-10-9-16-17(12-23)27-19(21-16)22-18(24)11-14-5-7-15(8-6-14)13(2)3/h5-8,13H,4,9-12H2,1-3H3,(H,21,22,24). The highest BCUT2D eigenvalue weighted by Crippen LogP contribution is 2.28. The molecule has 1 aliphatic rings. The number of nitrogens with one attached hydrogen (secondary N) is 1. The van der Waals surface area contributed by atoms with Gasteiger partial charge in [-0.3, -0.25) is 4.79 Å². The van der Waals surface area contributed by atoms with Crippen LogP contribution in [0.1, 0.15) is 48.4 Å². The van der Waals surface area contributed by atoms with Crippen LogP contribution in [0.15, 0.2) is 24.3 Å². The normalized spacial score (nSPS) is 13.4. The molecule has 0 aliphatic carbocycles. The van der Waals surface area contributed by atoms with Crippen molar-refractivity contribution in [1.29, 1.82) is 0 Å². The average Bonchev–Trinajstić information content (AvgIpc) is 3.03. The number of amides is 2. The SMILES string of the molecule is CCOC(=O)N1CCc2nc(NC(=O)Cc3ccc(C(C)C)cc3)sc2C1. The number of benzene rings is 1. The molecule has 0 unspecified atom stereocenters.